The first-order valence-corrected chi connectivity index (χ1v) is 9.38. The molecule has 0 aromatic carbocycles. The fourth-order valence-corrected chi connectivity index (χ4v) is 3.76. The molecule has 6 nitrogen and oxygen atoms in total. The number of aryl methyl sites for hydroxylation is 2. The number of carbonyl (C=O) groups excluding carboxylic acids is 1. The summed E-state index contributed by atoms with van der Waals surface area (Å²) in [5.74, 6) is 1.70. The van der Waals surface area contributed by atoms with Crippen LogP contribution in [0.2, 0.25) is 0 Å². The summed E-state index contributed by atoms with van der Waals surface area (Å²) in [6.45, 7) is 5.25. The van der Waals surface area contributed by atoms with Crippen molar-refractivity contribution in [1.82, 2.24) is 24.3 Å². The molecule has 1 amide bonds. The number of pyridine rings is 1. The lowest BCUT2D eigenvalue weighted by Gasteiger charge is -2.33. The van der Waals surface area contributed by atoms with Gasteiger partial charge in [0.1, 0.15) is 5.82 Å². The van der Waals surface area contributed by atoms with Crippen LogP contribution in [0.4, 0.5) is 0 Å². The van der Waals surface area contributed by atoms with Gasteiger partial charge in [0, 0.05) is 64.2 Å². The van der Waals surface area contributed by atoms with Gasteiger partial charge in [0.2, 0.25) is 5.91 Å². The van der Waals surface area contributed by atoms with Crippen molar-refractivity contribution in [3.8, 4) is 0 Å². The highest BCUT2D eigenvalue weighted by atomic mass is 16.2. The van der Waals surface area contributed by atoms with Gasteiger partial charge in [-0.25, -0.2) is 4.98 Å². The number of imidazole rings is 1. The molecule has 0 unspecified atom stereocenters. The van der Waals surface area contributed by atoms with Gasteiger partial charge in [-0.05, 0) is 38.4 Å². The molecule has 140 valence electrons. The van der Waals surface area contributed by atoms with Crippen LogP contribution >= 0.6 is 0 Å². The zero-order valence-corrected chi connectivity index (χ0v) is 16.1. The van der Waals surface area contributed by atoms with Crippen LogP contribution in [0.1, 0.15) is 42.3 Å². The van der Waals surface area contributed by atoms with E-state index < -0.39 is 0 Å². The summed E-state index contributed by atoms with van der Waals surface area (Å²) in [6, 6.07) is 4.01. The molecule has 1 fully saturated rings. The smallest absolute Gasteiger partial charge is 0.223 e. The van der Waals surface area contributed by atoms with Gasteiger partial charge in [-0.1, -0.05) is 6.07 Å². The summed E-state index contributed by atoms with van der Waals surface area (Å²) in [4.78, 5) is 25.7. The number of nitrogens with zero attached hydrogens (tertiary/aromatic N) is 5. The molecule has 1 aliphatic heterocycles. The van der Waals surface area contributed by atoms with Crippen LogP contribution in [0, 0.1) is 6.92 Å². The third-order valence-electron chi connectivity index (χ3n) is 5.05. The van der Waals surface area contributed by atoms with Gasteiger partial charge in [-0.15, -0.1) is 0 Å². The maximum atomic E-state index is 12.7. The Kier molecular flexibility index (Phi) is 6.04. The number of hydrogen-bond acceptors (Lipinski definition) is 4. The van der Waals surface area contributed by atoms with Crippen LogP contribution in [-0.2, 0) is 18.4 Å². The Hall–Kier alpha value is -2.21. The van der Waals surface area contributed by atoms with E-state index in [-0.39, 0.29) is 5.91 Å². The molecule has 3 rings (SSSR count). The van der Waals surface area contributed by atoms with Crippen molar-refractivity contribution in [2.45, 2.75) is 38.6 Å². The third-order valence-corrected chi connectivity index (χ3v) is 5.05. The summed E-state index contributed by atoms with van der Waals surface area (Å²) >= 11 is 0. The standard InChI is InChI=1S/C20H29N5O/c1-16-13-24(3)20(22-16)18-7-5-10-25(15-18)19(26)8-11-23(2)14-17-6-4-9-21-12-17/h4,6,9,12-13,18H,5,7-8,10-11,14-15H2,1-3H3/t18-/m0/s1. The van der Waals surface area contributed by atoms with Gasteiger partial charge < -0.3 is 14.4 Å². The van der Waals surface area contributed by atoms with Gasteiger partial charge in [0.15, 0.2) is 0 Å². The molecule has 26 heavy (non-hydrogen) atoms. The van der Waals surface area contributed by atoms with E-state index in [1.54, 1.807) is 6.20 Å². The molecule has 6 heteroatoms. The monoisotopic (exact) mass is 355 g/mol. The van der Waals surface area contributed by atoms with Crippen molar-refractivity contribution in [1.29, 1.82) is 0 Å². The van der Waals surface area contributed by atoms with E-state index in [1.165, 1.54) is 5.56 Å². The second kappa shape index (κ2) is 8.45. The molecule has 1 atom stereocenters. The van der Waals surface area contributed by atoms with Crippen molar-refractivity contribution in [3.05, 3.63) is 47.8 Å². The highest BCUT2D eigenvalue weighted by Gasteiger charge is 2.27. The van der Waals surface area contributed by atoms with E-state index in [1.807, 2.05) is 31.1 Å². The minimum atomic E-state index is 0.249. The Labute approximate surface area is 155 Å². The lowest BCUT2D eigenvalue weighted by atomic mass is 9.97. The molecule has 0 spiro atoms. The molecular weight excluding hydrogens is 326 g/mol. The van der Waals surface area contributed by atoms with Gasteiger partial charge in [0.25, 0.3) is 0 Å². The molecule has 2 aromatic rings. The Morgan fingerprint density at radius 2 is 2.27 bits per heavy atom. The van der Waals surface area contributed by atoms with Crippen LogP contribution in [0.3, 0.4) is 0 Å². The summed E-state index contributed by atoms with van der Waals surface area (Å²) in [7, 11) is 4.10. The quantitative estimate of drug-likeness (QED) is 0.798. The molecule has 0 radical (unpaired) electrons. The minimum absolute atomic E-state index is 0.249. The molecular formula is C20H29N5O. The van der Waals surface area contributed by atoms with Crippen molar-refractivity contribution in [2.75, 3.05) is 26.7 Å². The van der Waals surface area contributed by atoms with Crippen molar-refractivity contribution in [3.63, 3.8) is 0 Å². The molecule has 1 saturated heterocycles. The Morgan fingerprint density at radius 1 is 1.42 bits per heavy atom. The minimum Gasteiger partial charge on any atom is -0.342 e. The second-order valence-corrected chi connectivity index (χ2v) is 7.38. The maximum Gasteiger partial charge on any atom is 0.223 e. The molecule has 0 aliphatic carbocycles. The topological polar surface area (TPSA) is 54.3 Å². The first-order valence-electron chi connectivity index (χ1n) is 9.38. The predicted molar refractivity (Wildman–Crippen MR) is 102 cm³/mol. The number of carbonyl (C=O) groups is 1. The van der Waals surface area contributed by atoms with Crippen LogP contribution in [0.15, 0.2) is 30.7 Å². The highest BCUT2D eigenvalue weighted by molar-refractivity contribution is 5.76. The van der Waals surface area contributed by atoms with Crippen molar-refractivity contribution >= 4 is 5.91 Å². The molecule has 0 bridgehead atoms. The fraction of sp³-hybridized carbons (Fsp3) is 0.550. The van der Waals surface area contributed by atoms with Crippen LogP contribution < -0.4 is 0 Å². The molecule has 3 heterocycles. The highest BCUT2D eigenvalue weighted by Crippen LogP contribution is 2.26. The largest absolute Gasteiger partial charge is 0.342 e. The fourth-order valence-electron chi connectivity index (χ4n) is 3.76. The Bertz CT molecular complexity index is 727. The van der Waals surface area contributed by atoms with E-state index in [0.29, 0.717) is 12.3 Å². The van der Waals surface area contributed by atoms with E-state index in [0.717, 1.165) is 50.5 Å². The average Bonchev–Trinajstić information content (AvgIpc) is 2.99. The van der Waals surface area contributed by atoms with Gasteiger partial charge in [-0.3, -0.25) is 9.78 Å². The first kappa shape index (κ1) is 18.6. The lowest BCUT2D eigenvalue weighted by molar-refractivity contribution is -0.132. The molecule has 1 aliphatic rings. The van der Waals surface area contributed by atoms with Gasteiger partial charge in [-0.2, -0.15) is 0 Å². The van der Waals surface area contributed by atoms with E-state index in [4.69, 9.17) is 0 Å². The lowest BCUT2D eigenvalue weighted by Crippen LogP contribution is -2.40. The van der Waals surface area contributed by atoms with E-state index in [9.17, 15) is 4.79 Å². The zero-order chi connectivity index (χ0) is 18.5. The van der Waals surface area contributed by atoms with Gasteiger partial charge in [0.05, 0.1) is 5.69 Å². The van der Waals surface area contributed by atoms with E-state index >= 15 is 0 Å². The predicted octanol–water partition coefficient (Wildman–Crippen LogP) is 2.35. The Morgan fingerprint density at radius 3 is 2.96 bits per heavy atom. The summed E-state index contributed by atoms with van der Waals surface area (Å²) < 4.78 is 2.11. The van der Waals surface area contributed by atoms with Crippen LogP contribution in [0.25, 0.3) is 0 Å². The van der Waals surface area contributed by atoms with E-state index in [2.05, 4.69) is 38.7 Å². The number of hydrogen-bond donors (Lipinski definition) is 0. The third kappa shape index (κ3) is 4.69. The molecule has 2 aromatic heterocycles. The maximum absolute atomic E-state index is 12.7. The number of piperidine rings is 1. The number of likely N-dealkylation sites (tertiary alicyclic amines) is 1. The average molecular weight is 355 g/mol. The SMILES string of the molecule is Cc1cn(C)c([C@H]2CCCN(C(=O)CCN(C)Cc3cccnc3)C2)n1. The zero-order valence-electron chi connectivity index (χ0n) is 16.1. The second-order valence-electron chi connectivity index (χ2n) is 7.38. The Balaban J connectivity index is 1.50. The molecule has 0 N–H and O–H groups in total. The van der Waals surface area contributed by atoms with Crippen molar-refractivity contribution in [2.24, 2.45) is 7.05 Å². The summed E-state index contributed by atoms with van der Waals surface area (Å²) in [5, 5.41) is 0. The van der Waals surface area contributed by atoms with Crippen molar-refractivity contribution < 1.29 is 4.79 Å². The number of aromatic nitrogens is 3. The number of amides is 1. The normalized spacial score (nSPS) is 17.7. The van der Waals surface area contributed by atoms with Gasteiger partial charge >= 0.3 is 0 Å². The summed E-state index contributed by atoms with van der Waals surface area (Å²) in [6.07, 6.45) is 8.43. The van der Waals surface area contributed by atoms with Crippen LogP contribution in [0.5, 0.6) is 0 Å². The van der Waals surface area contributed by atoms with Crippen LogP contribution in [-0.4, -0.2) is 56.9 Å². The summed E-state index contributed by atoms with van der Waals surface area (Å²) in [5.41, 5.74) is 2.22. The number of rotatable bonds is 6. The first-order chi connectivity index (χ1) is 12.5. The molecule has 0 saturated carbocycles.